The second kappa shape index (κ2) is 9.43. The normalized spacial score (nSPS) is 12.3. The van der Waals surface area contributed by atoms with Gasteiger partial charge in [0.1, 0.15) is 0 Å². The smallest absolute Gasteiger partial charge is 0.207 e. The Morgan fingerprint density at radius 2 is 1.22 bits per heavy atom. The van der Waals surface area contributed by atoms with Crippen LogP contribution in [0.5, 0.6) is 0 Å². The predicted octanol–water partition coefficient (Wildman–Crippen LogP) is 5.24. The van der Waals surface area contributed by atoms with Gasteiger partial charge in [0.15, 0.2) is 0 Å². The Hall–Kier alpha value is -2.52. The van der Waals surface area contributed by atoms with Gasteiger partial charge in [0.2, 0.25) is 6.41 Å². The SMILES string of the molecule is CC(CCSC(c1ccccc1)(c1ccccc1)c1ccccc1)NC=O. The molecule has 0 aliphatic heterocycles. The van der Waals surface area contributed by atoms with E-state index in [2.05, 4.69) is 96.3 Å². The van der Waals surface area contributed by atoms with E-state index in [-0.39, 0.29) is 10.8 Å². The van der Waals surface area contributed by atoms with E-state index >= 15 is 0 Å². The van der Waals surface area contributed by atoms with Crippen LogP contribution < -0.4 is 5.32 Å². The van der Waals surface area contributed by atoms with E-state index < -0.39 is 0 Å². The summed E-state index contributed by atoms with van der Waals surface area (Å²) in [6.07, 6.45) is 1.70. The van der Waals surface area contributed by atoms with Crippen LogP contribution in [0, 0.1) is 0 Å². The third-order valence-electron chi connectivity index (χ3n) is 4.76. The highest BCUT2D eigenvalue weighted by molar-refractivity contribution is 8.00. The summed E-state index contributed by atoms with van der Waals surface area (Å²) in [4.78, 5) is 10.7. The molecule has 3 aromatic carbocycles. The maximum Gasteiger partial charge on any atom is 0.207 e. The molecule has 1 atom stereocenters. The van der Waals surface area contributed by atoms with E-state index in [0.717, 1.165) is 18.6 Å². The highest BCUT2D eigenvalue weighted by atomic mass is 32.2. The van der Waals surface area contributed by atoms with Gasteiger partial charge in [-0.25, -0.2) is 0 Å². The number of amides is 1. The van der Waals surface area contributed by atoms with Gasteiger partial charge < -0.3 is 5.32 Å². The second-order valence-electron chi connectivity index (χ2n) is 6.60. The van der Waals surface area contributed by atoms with Crippen molar-refractivity contribution in [3.63, 3.8) is 0 Å². The summed E-state index contributed by atoms with van der Waals surface area (Å²) >= 11 is 1.93. The molecule has 0 heterocycles. The maximum atomic E-state index is 10.7. The van der Waals surface area contributed by atoms with E-state index in [1.165, 1.54) is 16.7 Å². The summed E-state index contributed by atoms with van der Waals surface area (Å²) in [5.41, 5.74) is 3.80. The Balaban J connectivity index is 2.07. The van der Waals surface area contributed by atoms with Crippen molar-refractivity contribution in [2.24, 2.45) is 0 Å². The molecule has 0 saturated carbocycles. The molecule has 1 amide bonds. The van der Waals surface area contributed by atoms with Crippen molar-refractivity contribution in [3.05, 3.63) is 108 Å². The first-order valence-electron chi connectivity index (χ1n) is 9.27. The van der Waals surface area contributed by atoms with Crippen molar-refractivity contribution in [1.29, 1.82) is 0 Å². The minimum Gasteiger partial charge on any atom is -0.356 e. The lowest BCUT2D eigenvalue weighted by atomic mass is 9.84. The Kier molecular flexibility index (Phi) is 6.72. The molecule has 0 aliphatic carbocycles. The summed E-state index contributed by atoms with van der Waals surface area (Å²) in [5, 5.41) is 2.86. The van der Waals surface area contributed by atoms with E-state index in [1.807, 2.05) is 18.7 Å². The molecule has 27 heavy (non-hydrogen) atoms. The largest absolute Gasteiger partial charge is 0.356 e. The number of rotatable bonds is 9. The van der Waals surface area contributed by atoms with Crippen LogP contribution in [0.3, 0.4) is 0 Å². The van der Waals surface area contributed by atoms with Crippen molar-refractivity contribution in [2.45, 2.75) is 24.1 Å². The molecule has 0 radical (unpaired) electrons. The molecule has 0 aliphatic rings. The molecule has 3 aromatic rings. The number of benzene rings is 3. The summed E-state index contributed by atoms with van der Waals surface area (Å²) in [6, 6.07) is 32.2. The standard InChI is InChI=1S/C24H25NOS/c1-20(25-19-26)17-18-27-24(21-11-5-2-6-12-21,22-13-7-3-8-14-22)23-15-9-4-10-16-23/h2-16,19-20H,17-18H2,1H3,(H,25,26). The first-order valence-corrected chi connectivity index (χ1v) is 10.3. The third kappa shape index (κ3) is 4.42. The van der Waals surface area contributed by atoms with Gasteiger partial charge in [0.05, 0.1) is 4.75 Å². The van der Waals surface area contributed by atoms with Gasteiger partial charge in [-0.05, 0) is 35.8 Å². The molecule has 0 fully saturated rings. The van der Waals surface area contributed by atoms with Crippen LogP contribution in [0.1, 0.15) is 30.0 Å². The lowest BCUT2D eigenvalue weighted by molar-refractivity contribution is -0.110. The topological polar surface area (TPSA) is 29.1 Å². The molecular weight excluding hydrogens is 350 g/mol. The fraction of sp³-hybridized carbons (Fsp3) is 0.208. The molecule has 3 heteroatoms. The monoisotopic (exact) mass is 375 g/mol. The van der Waals surface area contributed by atoms with Gasteiger partial charge in [0.25, 0.3) is 0 Å². The van der Waals surface area contributed by atoms with E-state index in [1.54, 1.807) is 0 Å². The molecular formula is C24H25NOS. The quantitative estimate of drug-likeness (QED) is 0.409. The molecule has 0 bridgehead atoms. The molecule has 1 unspecified atom stereocenters. The molecule has 0 spiro atoms. The molecule has 0 saturated heterocycles. The van der Waals surface area contributed by atoms with Crippen LogP contribution in [-0.2, 0) is 9.54 Å². The van der Waals surface area contributed by atoms with Crippen molar-refractivity contribution in [1.82, 2.24) is 5.32 Å². The summed E-state index contributed by atoms with van der Waals surface area (Å²) in [7, 11) is 0. The van der Waals surface area contributed by atoms with Crippen LogP contribution in [0.4, 0.5) is 0 Å². The van der Waals surface area contributed by atoms with Crippen molar-refractivity contribution < 1.29 is 4.79 Å². The average molecular weight is 376 g/mol. The first kappa shape index (κ1) is 19.2. The highest BCUT2D eigenvalue weighted by Gasteiger charge is 2.36. The zero-order valence-corrected chi connectivity index (χ0v) is 16.4. The summed E-state index contributed by atoms with van der Waals surface area (Å²) in [6.45, 7) is 2.05. The minimum atomic E-state index is -0.287. The van der Waals surface area contributed by atoms with Gasteiger partial charge in [-0.3, -0.25) is 4.79 Å². The zero-order valence-electron chi connectivity index (χ0n) is 15.5. The zero-order chi connectivity index (χ0) is 19.0. The molecule has 1 N–H and O–H groups in total. The fourth-order valence-electron chi connectivity index (χ4n) is 3.36. The number of thioether (sulfide) groups is 1. The molecule has 2 nitrogen and oxygen atoms in total. The second-order valence-corrected chi connectivity index (χ2v) is 7.91. The lowest BCUT2D eigenvalue weighted by Crippen LogP contribution is -2.28. The predicted molar refractivity (Wildman–Crippen MR) is 115 cm³/mol. The van der Waals surface area contributed by atoms with Gasteiger partial charge in [-0.1, -0.05) is 91.0 Å². The van der Waals surface area contributed by atoms with Gasteiger partial charge in [-0.2, -0.15) is 0 Å². The number of hydrogen-bond acceptors (Lipinski definition) is 2. The van der Waals surface area contributed by atoms with Gasteiger partial charge >= 0.3 is 0 Å². The lowest BCUT2D eigenvalue weighted by Gasteiger charge is -2.35. The fourth-order valence-corrected chi connectivity index (χ4v) is 5.04. The van der Waals surface area contributed by atoms with Gasteiger partial charge in [0, 0.05) is 6.04 Å². The van der Waals surface area contributed by atoms with E-state index in [0.29, 0.717) is 0 Å². The molecule has 3 rings (SSSR count). The van der Waals surface area contributed by atoms with Crippen LogP contribution in [0.15, 0.2) is 91.0 Å². The van der Waals surface area contributed by atoms with Crippen LogP contribution >= 0.6 is 11.8 Å². The Morgan fingerprint density at radius 1 is 0.815 bits per heavy atom. The summed E-state index contributed by atoms with van der Waals surface area (Å²) < 4.78 is -0.287. The van der Waals surface area contributed by atoms with E-state index in [9.17, 15) is 4.79 Å². The van der Waals surface area contributed by atoms with Crippen molar-refractivity contribution in [3.8, 4) is 0 Å². The average Bonchev–Trinajstić information content (AvgIpc) is 2.73. The van der Waals surface area contributed by atoms with Crippen molar-refractivity contribution >= 4 is 18.2 Å². The number of carbonyl (C=O) groups is 1. The third-order valence-corrected chi connectivity index (χ3v) is 6.34. The molecule has 138 valence electrons. The number of nitrogens with one attached hydrogen (secondary N) is 1. The van der Waals surface area contributed by atoms with E-state index in [4.69, 9.17) is 0 Å². The summed E-state index contributed by atoms with van der Waals surface area (Å²) in [5.74, 6) is 0.931. The Bertz CT molecular complexity index is 724. The van der Waals surface area contributed by atoms with Crippen LogP contribution in [0.2, 0.25) is 0 Å². The minimum absolute atomic E-state index is 0.162. The Labute approximate surface area is 166 Å². The molecule has 0 aromatic heterocycles. The van der Waals surface area contributed by atoms with Crippen LogP contribution in [-0.4, -0.2) is 18.2 Å². The van der Waals surface area contributed by atoms with Gasteiger partial charge in [-0.15, -0.1) is 11.8 Å². The highest BCUT2D eigenvalue weighted by Crippen LogP contribution is 2.48. The number of hydrogen-bond donors (Lipinski definition) is 1. The maximum absolute atomic E-state index is 10.7. The first-order chi connectivity index (χ1) is 13.3. The van der Waals surface area contributed by atoms with Crippen molar-refractivity contribution in [2.75, 3.05) is 5.75 Å². The number of carbonyl (C=O) groups excluding carboxylic acids is 1. The van der Waals surface area contributed by atoms with Crippen LogP contribution in [0.25, 0.3) is 0 Å². The Morgan fingerprint density at radius 3 is 1.59 bits per heavy atom.